The summed E-state index contributed by atoms with van der Waals surface area (Å²) in [5.74, 6) is 1.05. The number of amides is 1. The predicted molar refractivity (Wildman–Crippen MR) is 122 cm³/mol. The number of hydrogen-bond acceptors (Lipinski definition) is 7. The van der Waals surface area contributed by atoms with Gasteiger partial charge in [0.1, 0.15) is 17.8 Å². The fourth-order valence-corrected chi connectivity index (χ4v) is 3.18. The molecule has 0 saturated heterocycles. The molecule has 0 atom stereocenters. The van der Waals surface area contributed by atoms with Gasteiger partial charge in [0.2, 0.25) is 0 Å². The predicted octanol–water partition coefficient (Wildman–Crippen LogP) is 4.11. The van der Waals surface area contributed by atoms with E-state index in [0.717, 1.165) is 16.5 Å². The Hall–Kier alpha value is -4.33. The number of carbonyl (C=O) groups excluding carboxylic acids is 1. The summed E-state index contributed by atoms with van der Waals surface area (Å²) in [6.07, 6.45) is 1.36. The Morgan fingerprint density at radius 3 is 2.58 bits per heavy atom. The van der Waals surface area contributed by atoms with Crippen molar-refractivity contribution in [3.05, 3.63) is 78.6 Å². The zero-order valence-corrected chi connectivity index (χ0v) is 16.9. The van der Waals surface area contributed by atoms with E-state index in [2.05, 4.69) is 26.1 Å². The number of nitrogen functional groups attached to an aromatic ring is 1. The lowest BCUT2D eigenvalue weighted by molar-refractivity contribution is 0.0964. The fourth-order valence-electron chi connectivity index (χ4n) is 3.18. The summed E-state index contributed by atoms with van der Waals surface area (Å²) in [4.78, 5) is 21.1. The number of nitrogens with zero attached hydrogens (tertiary/aromatic N) is 2. The van der Waals surface area contributed by atoms with Crippen LogP contribution in [0.25, 0.3) is 10.8 Å². The Bertz CT molecular complexity index is 1220. The standard InChI is InChI=1S/C23H22N6O2/c1-2-31-19-13-6-5-12-18(19)27-21-20(24)22(26-14-25-21)28-29-23(30)17-11-7-9-15-8-3-4-10-16(15)17/h3-14H,2,24H2,1H3,(H,29,30)(H2,25,26,27,28). The van der Waals surface area contributed by atoms with Gasteiger partial charge < -0.3 is 15.8 Å². The van der Waals surface area contributed by atoms with Gasteiger partial charge in [-0.3, -0.25) is 15.6 Å². The third-order valence-electron chi connectivity index (χ3n) is 4.65. The van der Waals surface area contributed by atoms with Crippen LogP contribution in [0.4, 0.5) is 23.0 Å². The van der Waals surface area contributed by atoms with Gasteiger partial charge in [0, 0.05) is 5.56 Å². The average Bonchev–Trinajstić information content (AvgIpc) is 2.80. The minimum absolute atomic E-state index is 0.257. The maximum Gasteiger partial charge on any atom is 0.270 e. The van der Waals surface area contributed by atoms with Crippen molar-refractivity contribution in [3.63, 3.8) is 0 Å². The molecule has 0 radical (unpaired) electrons. The van der Waals surface area contributed by atoms with Crippen LogP contribution in [0.15, 0.2) is 73.1 Å². The molecule has 0 aliphatic carbocycles. The Labute approximate surface area is 179 Å². The van der Waals surface area contributed by atoms with Crippen molar-refractivity contribution >= 4 is 39.7 Å². The first-order valence-corrected chi connectivity index (χ1v) is 9.81. The van der Waals surface area contributed by atoms with Crippen LogP contribution in [0, 0.1) is 0 Å². The van der Waals surface area contributed by atoms with Crippen LogP contribution in [0.2, 0.25) is 0 Å². The van der Waals surface area contributed by atoms with E-state index in [1.165, 1.54) is 6.33 Å². The zero-order valence-electron chi connectivity index (χ0n) is 16.9. The molecule has 4 aromatic rings. The van der Waals surface area contributed by atoms with Gasteiger partial charge >= 0.3 is 0 Å². The van der Waals surface area contributed by atoms with Gasteiger partial charge in [-0.2, -0.15) is 0 Å². The number of hydrazine groups is 1. The Morgan fingerprint density at radius 1 is 0.968 bits per heavy atom. The van der Waals surface area contributed by atoms with Crippen molar-refractivity contribution in [2.75, 3.05) is 23.1 Å². The lowest BCUT2D eigenvalue weighted by atomic mass is 10.0. The molecule has 8 heteroatoms. The summed E-state index contributed by atoms with van der Waals surface area (Å²) in [7, 11) is 0. The maximum absolute atomic E-state index is 12.7. The molecular weight excluding hydrogens is 392 g/mol. The number of nitrogens with one attached hydrogen (secondary N) is 3. The number of carbonyl (C=O) groups is 1. The highest BCUT2D eigenvalue weighted by molar-refractivity contribution is 6.07. The van der Waals surface area contributed by atoms with E-state index in [9.17, 15) is 4.79 Å². The molecular formula is C23H22N6O2. The number of rotatable bonds is 7. The topological polar surface area (TPSA) is 114 Å². The number of hydrogen-bond donors (Lipinski definition) is 4. The monoisotopic (exact) mass is 414 g/mol. The lowest BCUT2D eigenvalue weighted by Crippen LogP contribution is -2.30. The Kier molecular flexibility index (Phi) is 5.79. The van der Waals surface area contributed by atoms with Gasteiger partial charge in [-0.05, 0) is 35.9 Å². The summed E-state index contributed by atoms with van der Waals surface area (Å²) in [5.41, 5.74) is 13.2. The van der Waals surface area contributed by atoms with E-state index in [0.29, 0.717) is 23.7 Å². The van der Waals surface area contributed by atoms with Gasteiger partial charge in [0.15, 0.2) is 11.6 Å². The van der Waals surface area contributed by atoms with E-state index in [1.54, 1.807) is 6.07 Å². The first kappa shape index (κ1) is 20.0. The number of fused-ring (bicyclic) bond motifs is 1. The smallest absolute Gasteiger partial charge is 0.270 e. The highest BCUT2D eigenvalue weighted by Crippen LogP contribution is 2.30. The number of anilines is 4. The van der Waals surface area contributed by atoms with Crippen LogP contribution in [0.3, 0.4) is 0 Å². The quantitative estimate of drug-likeness (QED) is 0.337. The van der Waals surface area contributed by atoms with Crippen molar-refractivity contribution in [2.45, 2.75) is 6.92 Å². The molecule has 0 spiro atoms. The zero-order chi connectivity index (χ0) is 21.6. The normalized spacial score (nSPS) is 10.5. The van der Waals surface area contributed by atoms with Crippen molar-refractivity contribution < 1.29 is 9.53 Å². The summed E-state index contributed by atoms with van der Waals surface area (Å²) in [5, 5.41) is 4.99. The highest BCUT2D eigenvalue weighted by atomic mass is 16.5. The molecule has 0 unspecified atom stereocenters. The summed E-state index contributed by atoms with van der Waals surface area (Å²) < 4.78 is 5.62. The van der Waals surface area contributed by atoms with Crippen LogP contribution in [0.5, 0.6) is 5.75 Å². The van der Waals surface area contributed by atoms with Gasteiger partial charge in [-0.25, -0.2) is 9.97 Å². The maximum atomic E-state index is 12.7. The SMILES string of the molecule is CCOc1ccccc1Nc1ncnc(NNC(=O)c2cccc3ccccc23)c1N. The van der Waals surface area contributed by atoms with Crippen molar-refractivity contribution in [1.82, 2.24) is 15.4 Å². The molecule has 0 bridgehead atoms. The fraction of sp³-hybridized carbons (Fsp3) is 0.0870. The molecule has 4 rings (SSSR count). The van der Waals surface area contributed by atoms with Crippen LogP contribution >= 0.6 is 0 Å². The molecule has 31 heavy (non-hydrogen) atoms. The van der Waals surface area contributed by atoms with Gasteiger partial charge in [0.05, 0.1) is 12.3 Å². The minimum Gasteiger partial charge on any atom is -0.492 e. The second-order valence-corrected chi connectivity index (χ2v) is 6.64. The molecule has 0 fully saturated rings. The van der Waals surface area contributed by atoms with Gasteiger partial charge in [-0.1, -0.05) is 48.5 Å². The van der Waals surface area contributed by atoms with Crippen molar-refractivity contribution in [3.8, 4) is 5.75 Å². The molecule has 156 valence electrons. The summed E-state index contributed by atoms with van der Waals surface area (Å²) >= 11 is 0. The Morgan fingerprint density at radius 2 is 1.71 bits per heavy atom. The highest BCUT2D eigenvalue weighted by Gasteiger charge is 2.13. The molecule has 0 saturated carbocycles. The Balaban J connectivity index is 1.52. The number of nitrogens with two attached hydrogens (primary N) is 1. The summed E-state index contributed by atoms with van der Waals surface area (Å²) in [6.45, 7) is 2.45. The van der Waals surface area contributed by atoms with E-state index in [-0.39, 0.29) is 17.4 Å². The number of ether oxygens (including phenoxy) is 1. The molecule has 3 aromatic carbocycles. The van der Waals surface area contributed by atoms with E-state index in [1.807, 2.05) is 67.6 Å². The third kappa shape index (κ3) is 4.32. The van der Waals surface area contributed by atoms with Crippen LogP contribution in [-0.2, 0) is 0 Å². The second-order valence-electron chi connectivity index (χ2n) is 6.64. The largest absolute Gasteiger partial charge is 0.492 e. The molecule has 8 nitrogen and oxygen atoms in total. The van der Waals surface area contributed by atoms with Gasteiger partial charge in [-0.15, -0.1) is 0 Å². The number of para-hydroxylation sites is 2. The average molecular weight is 414 g/mol. The number of benzene rings is 3. The molecule has 1 aromatic heterocycles. The van der Waals surface area contributed by atoms with Crippen LogP contribution in [-0.4, -0.2) is 22.5 Å². The molecule has 5 N–H and O–H groups in total. The van der Waals surface area contributed by atoms with Crippen molar-refractivity contribution in [1.29, 1.82) is 0 Å². The second kappa shape index (κ2) is 9.00. The minimum atomic E-state index is -0.300. The van der Waals surface area contributed by atoms with Crippen LogP contribution < -0.4 is 26.6 Å². The van der Waals surface area contributed by atoms with Crippen molar-refractivity contribution in [2.24, 2.45) is 0 Å². The first-order chi connectivity index (χ1) is 15.2. The molecule has 0 aliphatic rings. The summed E-state index contributed by atoms with van der Waals surface area (Å²) in [6, 6.07) is 20.7. The third-order valence-corrected chi connectivity index (χ3v) is 4.65. The lowest BCUT2D eigenvalue weighted by Gasteiger charge is -2.15. The van der Waals surface area contributed by atoms with E-state index < -0.39 is 0 Å². The molecule has 0 aliphatic heterocycles. The molecule has 1 amide bonds. The number of aromatic nitrogens is 2. The first-order valence-electron chi connectivity index (χ1n) is 9.81. The van der Waals surface area contributed by atoms with E-state index in [4.69, 9.17) is 10.5 Å². The van der Waals surface area contributed by atoms with Crippen LogP contribution in [0.1, 0.15) is 17.3 Å². The van der Waals surface area contributed by atoms with E-state index >= 15 is 0 Å². The van der Waals surface area contributed by atoms with Gasteiger partial charge in [0.25, 0.3) is 5.91 Å². The molecule has 1 heterocycles.